The predicted octanol–water partition coefficient (Wildman–Crippen LogP) is 4.57. The Morgan fingerprint density at radius 1 is 1.09 bits per heavy atom. The highest BCUT2D eigenvalue weighted by molar-refractivity contribution is 5.45. The predicted molar refractivity (Wildman–Crippen MR) is 84.6 cm³/mol. The van der Waals surface area contributed by atoms with Crippen LogP contribution in [0, 0.1) is 5.82 Å². The summed E-state index contributed by atoms with van der Waals surface area (Å²) in [6, 6.07) is 12.0. The fraction of sp³-hybridized carbons (Fsp3) is 0.368. The fourth-order valence-electron chi connectivity index (χ4n) is 3.83. The number of nitrogens with zero attached hydrogens (tertiary/aromatic N) is 1. The summed E-state index contributed by atoms with van der Waals surface area (Å²) in [5.41, 5.74) is 3.41. The molecule has 1 saturated heterocycles. The molecular formula is C19H19F2NO. The summed E-state index contributed by atoms with van der Waals surface area (Å²) in [6.07, 6.45) is 2.44. The average molecular weight is 315 g/mol. The lowest BCUT2D eigenvalue weighted by Crippen LogP contribution is -2.30. The van der Waals surface area contributed by atoms with Crippen molar-refractivity contribution in [3.05, 3.63) is 65.0 Å². The highest BCUT2D eigenvalue weighted by Gasteiger charge is 2.32. The van der Waals surface area contributed by atoms with Gasteiger partial charge in [0.25, 0.3) is 0 Å². The molecule has 0 amide bonds. The monoisotopic (exact) mass is 315 g/mol. The SMILES string of the molecule is Fc1ccc(C2CC(c3cccc4c3CCO4)CCN2F)cc1. The molecule has 1 fully saturated rings. The number of hydrogen-bond acceptors (Lipinski definition) is 2. The first-order valence-electron chi connectivity index (χ1n) is 8.15. The smallest absolute Gasteiger partial charge is 0.123 e. The molecule has 0 spiro atoms. The van der Waals surface area contributed by atoms with Crippen molar-refractivity contribution in [2.75, 3.05) is 13.2 Å². The molecule has 2 atom stereocenters. The number of rotatable bonds is 2. The molecule has 0 aromatic heterocycles. The van der Waals surface area contributed by atoms with E-state index in [2.05, 4.69) is 6.07 Å². The van der Waals surface area contributed by atoms with Crippen molar-refractivity contribution in [1.29, 1.82) is 0 Å². The highest BCUT2D eigenvalue weighted by atomic mass is 19.2. The zero-order valence-corrected chi connectivity index (χ0v) is 12.8. The van der Waals surface area contributed by atoms with Crippen molar-refractivity contribution in [1.82, 2.24) is 5.12 Å². The second-order valence-corrected chi connectivity index (χ2v) is 6.33. The number of benzene rings is 2. The molecule has 0 radical (unpaired) electrons. The molecule has 23 heavy (non-hydrogen) atoms. The number of ether oxygens (including phenoxy) is 1. The van der Waals surface area contributed by atoms with Crippen molar-refractivity contribution in [3.63, 3.8) is 0 Å². The average Bonchev–Trinajstić information content (AvgIpc) is 3.05. The van der Waals surface area contributed by atoms with Gasteiger partial charge in [-0.3, -0.25) is 0 Å². The minimum Gasteiger partial charge on any atom is -0.493 e. The maximum atomic E-state index is 14.3. The van der Waals surface area contributed by atoms with E-state index in [1.54, 1.807) is 12.1 Å². The van der Waals surface area contributed by atoms with Crippen LogP contribution in [0.25, 0.3) is 0 Å². The Morgan fingerprint density at radius 3 is 2.74 bits per heavy atom. The Bertz CT molecular complexity index is 701. The molecular weight excluding hydrogens is 296 g/mol. The van der Waals surface area contributed by atoms with Crippen molar-refractivity contribution >= 4 is 0 Å². The normalized spacial score (nSPS) is 24.3. The maximum Gasteiger partial charge on any atom is 0.123 e. The van der Waals surface area contributed by atoms with E-state index >= 15 is 0 Å². The van der Waals surface area contributed by atoms with Crippen LogP contribution in [0.4, 0.5) is 8.87 Å². The summed E-state index contributed by atoms with van der Waals surface area (Å²) in [6.45, 7) is 1.13. The van der Waals surface area contributed by atoms with Crippen LogP contribution in [0.5, 0.6) is 5.75 Å². The number of hydrogen-bond donors (Lipinski definition) is 0. The minimum atomic E-state index is -0.312. The van der Waals surface area contributed by atoms with Crippen molar-refractivity contribution in [3.8, 4) is 5.75 Å². The molecule has 2 aromatic rings. The van der Waals surface area contributed by atoms with Gasteiger partial charge in [-0.1, -0.05) is 24.3 Å². The van der Waals surface area contributed by atoms with Gasteiger partial charge in [0.2, 0.25) is 0 Å². The second-order valence-electron chi connectivity index (χ2n) is 6.33. The van der Waals surface area contributed by atoms with Gasteiger partial charge < -0.3 is 4.74 Å². The van der Waals surface area contributed by atoms with Crippen LogP contribution in [-0.2, 0) is 6.42 Å². The molecule has 2 aromatic carbocycles. The summed E-state index contributed by atoms with van der Waals surface area (Å²) in [5, 5.41) is 0.892. The van der Waals surface area contributed by atoms with Gasteiger partial charge in [0.05, 0.1) is 12.6 Å². The van der Waals surface area contributed by atoms with Gasteiger partial charge in [0, 0.05) is 18.5 Å². The topological polar surface area (TPSA) is 12.5 Å². The molecule has 2 aliphatic heterocycles. The number of halogens is 2. The lowest BCUT2D eigenvalue weighted by Gasteiger charge is -2.35. The molecule has 2 heterocycles. The lowest BCUT2D eigenvalue weighted by molar-refractivity contribution is -0.0515. The number of fused-ring (bicyclic) bond motifs is 1. The summed E-state index contributed by atoms with van der Waals surface area (Å²) < 4.78 is 33.1. The lowest BCUT2D eigenvalue weighted by atomic mass is 9.81. The van der Waals surface area contributed by atoms with E-state index in [0.29, 0.717) is 18.9 Å². The van der Waals surface area contributed by atoms with Gasteiger partial charge in [-0.15, -0.1) is 9.60 Å². The zero-order valence-electron chi connectivity index (χ0n) is 12.8. The Morgan fingerprint density at radius 2 is 1.91 bits per heavy atom. The van der Waals surface area contributed by atoms with Gasteiger partial charge in [0.1, 0.15) is 11.6 Å². The van der Waals surface area contributed by atoms with Gasteiger partial charge in [-0.25, -0.2) is 4.39 Å². The Hall–Kier alpha value is -1.94. The third-order valence-corrected chi connectivity index (χ3v) is 5.01. The van der Waals surface area contributed by atoms with Gasteiger partial charge in [0.15, 0.2) is 0 Å². The molecule has 4 rings (SSSR count). The van der Waals surface area contributed by atoms with Crippen LogP contribution in [0.2, 0.25) is 0 Å². The largest absolute Gasteiger partial charge is 0.493 e. The Kier molecular flexibility index (Phi) is 3.77. The van der Waals surface area contributed by atoms with Crippen LogP contribution < -0.4 is 4.74 Å². The van der Waals surface area contributed by atoms with E-state index < -0.39 is 0 Å². The van der Waals surface area contributed by atoms with Crippen LogP contribution in [0.3, 0.4) is 0 Å². The Balaban J connectivity index is 1.62. The van der Waals surface area contributed by atoms with Crippen molar-refractivity contribution < 1.29 is 13.6 Å². The number of piperidine rings is 1. The first kappa shape index (κ1) is 14.6. The molecule has 2 nitrogen and oxygen atoms in total. The van der Waals surface area contributed by atoms with Crippen molar-refractivity contribution in [2.24, 2.45) is 0 Å². The van der Waals surface area contributed by atoms with E-state index in [1.165, 1.54) is 23.3 Å². The first-order valence-corrected chi connectivity index (χ1v) is 8.15. The first-order chi connectivity index (χ1) is 11.2. The fourth-order valence-corrected chi connectivity index (χ4v) is 3.83. The van der Waals surface area contributed by atoms with Crippen molar-refractivity contribution in [2.45, 2.75) is 31.2 Å². The summed E-state index contributed by atoms with van der Waals surface area (Å²) in [5.74, 6) is 1.00. The third-order valence-electron chi connectivity index (χ3n) is 5.01. The molecule has 2 unspecified atom stereocenters. The zero-order chi connectivity index (χ0) is 15.8. The maximum absolute atomic E-state index is 14.3. The Labute approximate surface area is 134 Å². The molecule has 120 valence electrons. The van der Waals surface area contributed by atoms with Crippen LogP contribution in [0.15, 0.2) is 42.5 Å². The molecule has 0 bridgehead atoms. The van der Waals surface area contributed by atoms with Crippen LogP contribution in [0.1, 0.15) is 41.5 Å². The van der Waals surface area contributed by atoms with E-state index in [9.17, 15) is 8.87 Å². The highest BCUT2D eigenvalue weighted by Crippen LogP contribution is 2.43. The van der Waals surface area contributed by atoms with Gasteiger partial charge in [-0.2, -0.15) is 0 Å². The van der Waals surface area contributed by atoms with Crippen LogP contribution >= 0.6 is 0 Å². The summed E-state index contributed by atoms with van der Waals surface area (Å²) in [4.78, 5) is 0. The molecule has 0 aliphatic carbocycles. The minimum absolute atomic E-state index is 0.287. The van der Waals surface area contributed by atoms with E-state index in [-0.39, 0.29) is 11.9 Å². The molecule has 0 N–H and O–H groups in total. The van der Waals surface area contributed by atoms with Gasteiger partial charge >= 0.3 is 0 Å². The molecule has 0 saturated carbocycles. The van der Waals surface area contributed by atoms with Gasteiger partial charge in [-0.05, 0) is 48.1 Å². The van der Waals surface area contributed by atoms with E-state index in [1.807, 2.05) is 12.1 Å². The molecule has 4 heteroatoms. The third kappa shape index (κ3) is 2.72. The van der Waals surface area contributed by atoms with E-state index in [4.69, 9.17) is 4.74 Å². The van der Waals surface area contributed by atoms with Crippen LogP contribution in [-0.4, -0.2) is 18.3 Å². The molecule has 2 aliphatic rings. The van der Waals surface area contributed by atoms with E-state index in [0.717, 1.165) is 35.9 Å². The standard InChI is InChI=1S/C19H19F2NO/c20-15-6-4-13(5-7-15)18-12-14(8-10-22(18)21)16-2-1-3-19-17(16)9-11-23-19/h1-7,14,18H,8-12H2. The second kappa shape index (κ2) is 5.93. The summed E-state index contributed by atoms with van der Waals surface area (Å²) in [7, 11) is 0. The quantitative estimate of drug-likeness (QED) is 0.753. The summed E-state index contributed by atoms with van der Waals surface area (Å²) >= 11 is 0.